The van der Waals surface area contributed by atoms with E-state index in [0.29, 0.717) is 61.2 Å². The summed E-state index contributed by atoms with van der Waals surface area (Å²) in [5.74, 6) is 5.85. The van der Waals surface area contributed by atoms with Crippen molar-refractivity contribution in [1.29, 1.82) is 0 Å². The number of hydrogen-bond donors (Lipinski definition) is 8. The van der Waals surface area contributed by atoms with Gasteiger partial charge in [-0.3, -0.25) is 42.5 Å². The first-order valence-electron chi connectivity index (χ1n) is 17.9. The predicted octanol–water partition coefficient (Wildman–Crippen LogP) is 3.02. The van der Waals surface area contributed by atoms with E-state index < -0.39 is 0 Å². The van der Waals surface area contributed by atoms with Crippen LogP contribution in [0.15, 0.2) is 0 Å². The molecule has 8 nitrogen and oxygen atoms in total. The molecule has 4 saturated carbocycles. The van der Waals surface area contributed by atoms with Crippen LogP contribution >= 0.6 is 22.6 Å². The molecule has 0 spiro atoms. The van der Waals surface area contributed by atoms with Gasteiger partial charge in [-0.15, -0.1) is 0 Å². The van der Waals surface area contributed by atoms with Crippen molar-refractivity contribution in [3.05, 3.63) is 0 Å². The Hall–Kier alpha value is 0.929. The van der Waals surface area contributed by atoms with Crippen molar-refractivity contribution in [3.63, 3.8) is 0 Å². The molecule has 5 aliphatic heterocycles. The van der Waals surface area contributed by atoms with Gasteiger partial charge in [0.15, 0.2) is 0 Å². The zero-order valence-electron chi connectivity index (χ0n) is 25.1. The van der Waals surface area contributed by atoms with Crippen LogP contribution in [0, 0.1) is 47.3 Å². The molecule has 5 heterocycles. The predicted molar refractivity (Wildman–Crippen MR) is 170 cm³/mol. The number of fused-ring (bicyclic) bond motifs is 20. The molecule has 241 valence electrons. The largest absolute Gasteiger partial charge is 0.286 e. The summed E-state index contributed by atoms with van der Waals surface area (Å²) in [6, 6.07) is 0. The van der Waals surface area contributed by atoms with Gasteiger partial charge in [0.2, 0.25) is 0 Å². The third-order valence-corrected chi connectivity index (χ3v) is 15.3. The Morgan fingerprint density at radius 2 is 0.571 bits per heavy atom. The van der Waals surface area contributed by atoms with Gasteiger partial charge in [0.25, 0.3) is 0 Å². The van der Waals surface area contributed by atoms with Gasteiger partial charge in [-0.1, -0.05) is 67.5 Å². The zero-order valence-corrected chi connectivity index (χ0v) is 28.2. The van der Waals surface area contributed by atoms with Gasteiger partial charge in [0.05, 0.1) is 49.3 Å². The molecule has 9 fully saturated rings. The van der Waals surface area contributed by atoms with E-state index in [1.165, 1.54) is 96.3 Å². The Labute approximate surface area is 277 Å². The molecule has 8 bridgehead atoms. The smallest absolute Gasteiger partial charge is 0.0638 e. The second-order valence-corrected chi connectivity index (χ2v) is 17.3. The molecule has 4 aliphatic carbocycles. The molecule has 0 aromatic rings. The molecule has 0 aromatic carbocycles. The number of halogens is 1. The maximum Gasteiger partial charge on any atom is 0.0638 e. The SMILES string of the molecule is IC1CCCC2C3NC4NC(NC5NC(NC6NC(NC(N3)C12)C1CCCCC61)C1CCCCC51)C1CCCCC41.[Cu]. The monoisotopic (exact) mass is 741 g/mol. The Balaban J connectivity index is 0.00000267. The van der Waals surface area contributed by atoms with Gasteiger partial charge < -0.3 is 0 Å². The Morgan fingerprint density at radius 1 is 0.310 bits per heavy atom. The molecule has 9 rings (SSSR count). The van der Waals surface area contributed by atoms with Gasteiger partial charge in [-0.05, 0) is 92.8 Å². The van der Waals surface area contributed by atoms with Crippen molar-refractivity contribution in [2.24, 2.45) is 47.3 Å². The van der Waals surface area contributed by atoms with E-state index in [1.807, 2.05) is 0 Å². The van der Waals surface area contributed by atoms with E-state index in [-0.39, 0.29) is 17.1 Å². The molecule has 1 radical (unpaired) electrons. The second kappa shape index (κ2) is 12.5. The number of nitrogens with one attached hydrogen (secondary N) is 8. The summed E-state index contributed by atoms with van der Waals surface area (Å²) in [7, 11) is 0. The van der Waals surface area contributed by atoms with E-state index >= 15 is 0 Å². The molecular formula is C32H55CuIN8. The first-order valence-corrected chi connectivity index (χ1v) is 19.2. The molecule has 17 atom stereocenters. The molecule has 8 N–H and O–H groups in total. The summed E-state index contributed by atoms with van der Waals surface area (Å²) < 4.78 is 0.749. The fourth-order valence-electron chi connectivity index (χ4n) is 12.0. The minimum Gasteiger partial charge on any atom is -0.286 e. The average molecular weight is 742 g/mol. The summed E-state index contributed by atoms with van der Waals surface area (Å²) in [6.45, 7) is 0. The third-order valence-electron chi connectivity index (χ3n) is 13.8. The number of alkyl halides is 1. The van der Waals surface area contributed by atoms with Crippen LogP contribution in [-0.2, 0) is 17.1 Å². The first kappa shape index (κ1) is 30.3. The average Bonchev–Trinajstić information content (AvgIpc) is 3.73. The molecular weight excluding hydrogens is 687 g/mol. The molecule has 0 amide bonds. The van der Waals surface area contributed by atoms with E-state index in [4.69, 9.17) is 0 Å². The van der Waals surface area contributed by atoms with Crippen molar-refractivity contribution in [3.8, 4) is 0 Å². The van der Waals surface area contributed by atoms with Crippen molar-refractivity contribution in [1.82, 2.24) is 42.5 Å². The topological polar surface area (TPSA) is 96.2 Å². The van der Waals surface area contributed by atoms with Crippen LogP contribution in [0.5, 0.6) is 0 Å². The van der Waals surface area contributed by atoms with Gasteiger partial charge in [0, 0.05) is 26.9 Å². The van der Waals surface area contributed by atoms with E-state index in [1.54, 1.807) is 0 Å². The molecule has 9 aliphatic rings. The maximum absolute atomic E-state index is 4.29. The van der Waals surface area contributed by atoms with Crippen molar-refractivity contribution < 1.29 is 17.1 Å². The van der Waals surface area contributed by atoms with E-state index in [9.17, 15) is 0 Å². The summed E-state index contributed by atoms with van der Waals surface area (Å²) >= 11 is 2.81. The van der Waals surface area contributed by atoms with Gasteiger partial charge in [-0.25, -0.2) is 0 Å². The number of hydrogen-bond acceptors (Lipinski definition) is 8. The molecule has 10 heteroatoms. The molecule has 17 unspecified atom stereocenters. The van der Waals surface area contributed by atoms with Crippen LogP contribution in [0.4, 0.5) is 0 Å². The Morgan fingerprint density at radius 3 is 0.905 bits per heavy atom. The zero-order chi connectivity index (χ0) is 27.1. The summed E-state index contributed by atoms with van der Waals surface area (Å²) in [6.07, 6.45) is 24.0. The third kappa shape index (κ3) is 5.21. The quantitative estimate of drug-likeness (QED) is 0.109. The maximum atomic E-state index is 4.29. The van der Waals surface area contributed by atoms with Crippen molar-refractivity contribution in [2.45, 2.75) is 150 Å². The summed E-state index contributed by atoms with van der Waals surface area (Å²) in [5.41, 5.74) is 0. The molecule has 0 aromatic heterocycles. The van der Waals surface area contributed by atoms with Crippen molar-refractivity contribution in [2.75, 3.05) is 0 Å². The minimum absolute atomic E-state index is 0. The standard InChI is InChI=1S/C32H55IN8.Cu/c33-23-15-7-14-22-24(23)32-40-30-21-13-6-5-12-20(21)28(38-30)36-26-17-9-2-1-8-16(17)25(34-26)35-27-18-10-3-4-11-19(18)29(37-27)39-31(22)41-32;/h16-32,34-41H,1-15H2;. The normalized spacial score (nSPS) is 56.9. The van der Waals surface area contributed by atoms with E-state index in [2.05, 4.69) is 65.1 Å². The van der Waals surface area contributed by atoms with Crippen LogP contribution < -0.4 is 42.5 Å². The molecule has 5 saturated heterocycles. The van der Waals surface area contributed by atoms with Crippen LogP contribution in [0.3, 0.4) is 0 Å². The number of rotatable bonds is 0. The molecule has 42 heavy (non-hydrogen) atoms. The van der Waals surface area contributed by atoms with Gasteiger partial charge in [0.1, 0.15) is 0 Å². The van der Waals surface area contributed by atoms with E-state index in [0.717, 1.165) is 39.4 Å². The van der Waals surface area contributed by atoms with Crippen LogP contribution in [0.2, 0.25) is 0 Å². The fraction of sp³-hybridized carbons (Fsp3) is 1.00. The van der Waals surface area contributed by atoms with Crippen LogP contribution in [0.1, 0.15) is 96.3 Å². The van der Waals surface area contributed by atoms with Crippen LogP contribution in [-0.4, -0.2) is 53.3 Å². The first-order chi connectivity index (χ1) is 20.2. The van der Waals surface area contributed by atoms with Gasteiger partial charge >= 0.3 is 0 Å². The Bertz CT molecular complexity index is 959. The minimum atomic E-state index is 0. The summed E-state index contributed by atoms with van der Waals surface area (Å²) in [5, 5.41) is 33.9. The second-order valence-electron chi connectivity index (χ2n) is 15.7. The van der Waals surface area contributed by atoms with Crippen LogP contribution in [0.25, 0.3) is 0 Å². The Kier molecular flexibility index (Phi) is 9.02. The fourth-order valence-corrected chi connectivity index (χ4v) is 13.4. The van der Waals surface area contributed by atoms with Crippen molar-refractivity contribution >= 4 is 22.6 Å². The summed E-state index contributed by atoms with van der Waals surface area (Å²) in [4.78, 5) is 0. The van der Waals surface area contributed by atoms with Gasteiger partial charge in [-0.2, -0.15) is 0 Å².